The van der Waals surface area contributed by atoms with Gasteiger partial charge in [0.05, 0.1) is 0 Å². The lowest BCUT2D eigenvalue weighted by Gasteiger charge is -2.28. The third kappa shape index (κ3) is 2.10. The second-order valence-electron chi connectivity index (χ2n) is 4.55. The van der Waals surface area contributed by atoms with Crippen molar-refractivity contribution in [2.24, 2.45) is 0 Å². The molecule has 0 bridgehead atoms. The summed E-state index contributed by atoms with van der Waals surface area (Å²) < 4.78 is 5.19. The van der Waals surface area contributed by atoms with Crippen LogP contribution in [0.15, 0.2) is 4.52 Å². The van der Waals surface area contributed by atoms with Crippen molar-refractivity contribution < 1.29 is 9.63 Å². The average molecular weight is 225 g/mol. The van der Waals surface area contributed by atoms with Crippen LogP contribution in [0.1, 0.15) is 50.7 Å². The molecule has 1 aromatic rings. The van der Waals surface area contributed by atoms with Gasteiger partial charge < -0.3 is 14.9 Å². The van der Waals surface area contributed by atoms with Gasteiger partial charge in [0.1, 0.15) is 5.60 Å². The average Bonchev–Trinajstić information content (AvgIpc) is 2.79. The zero-order chi connectivity index (χ0) is 11.6. The molecule has 0 spiro atoms. The smallest absolute Gasteiger partial charge is 0.258 e. The highest BCUT2D eigenvalue weighted by Gasteiger charge is 2.37. The van der Waals surface area contributed by atoms with E-state index in [0.29, 0.717) is 24.6 Å². The lowest BCUT2D eigenvalue weighted by Crippen LogP contribution is -2.39. The molecule has 0 saturated carbocycles. The van der Waals surface area contributed by atoms with E-state index in [4.69, 9.17) is 4.52 Å². The first-order chi connectivity index (χ1) is 7.65. The highest BCUT2D eigenvalue weighted by atomic mass is 16.5. The van der Waals surface area contributed by atoms with Crippen LogP contribution >= 0.6 is 0 Å². The molecule has 0 amide bonds. The zero-order valence-corrected chi connectivity index (χ0v) is 9.86. The van der Waals surface area contributed by atoms with Crippen molar-refractivity contribution in [3.05, 3.63) is 11.7 Å². The number of aliphatic hydroxyl groups is 1. The molecule has 0 radical (unpaired) electrons. The first-order valence-corrected chi connectivity index (χ1v) is 5.93. The van der Waals surface area contributed by atoms with E-state index >= 15 is 0 Å². The van der Waals surface area contributed by atoms with Crippen LogP contribution in [0.5, 0.6) is 0 Å². The summed E-state index contributed by atoms with van der Waals surface area (Å²) in [5.74, 6) is 1.36. The number of hydrogen-bond donors (Lipinski definition) is 2. The van der Waals surface area contributed by atoms with Crippen LogP contribution in [-0.2, 0) is 5.60 Å². The zero-order valence-electron chi connectivity index (χ0n) is 9.86. The molecular weight excluding hydrogens is 206 g/mol. The number of aromatic nitrogens is 2. The van der Waals surface area contributed by atoms with Crippen LogP contribution in [0.3, 0.4) is 0 Å². The molecule has 1 aliphatic heterocycles. The van der Waals surface area contributed by atoms with Gasteiger partial charge in [-0.15, -0.1) is 0 Å². The van der Waals surface area contributed by atoms with Crippen LogP contribution in [0.4, 0.5) is 0 Å². The predicted molar refractivity (Wildman–Crippen MR) is 59.0 cm³/mol. The van der Waals surface area contributed by atoms with E-state index in [0.717, 1.165) is 19.5 Å². The van der Waals surface area contributed by atoms with Crippen molar-refractivity contribution >= 4 is 0 Å². The summed E-state index contributed by atoms with van der Waals surface area (Å²) in [5.41, 5.74) is -0.927. The summed E-state index contributed by atoms with van der Waals surface area (Å²) in [4.78, 5) is 4.32. The summed E-state index contributed by atoms with van der Waals surface area (Å²) in [7, 11) is 0. The van der Waals surface area contributed by atoms with E-state index in [1.165, 1.54) is 0 Å². The topological polar surface area (TPSA) is 71.2 Å². The number of rotatable bonds is 3. The van der Waals surface area contributed by atoms with Gasteiger partial charge >= 0.3 is 0 Å². The molecule has 16 heavy (non-hydrogen) atoms. The van der Waals surface area contributed by atoms with E-state index in [1.807, 2.05) is 0 Å². The summed E-state index contributed by atoms with van der Waals surface area (Å²) in [6, 6.07) is 0. The molecule has 2 rings (SSSR count). The molecule has 0 aromatic carbocycles. The number of nitrogens with zero attached hydrogens (tertiary/aromatic N) is 2. The summed E-state index contributed by atoms with van der Waals surface area (Å²) in [5, 5.41) is 17.5. The Morgan fingerprint density at radius 3 is 2.81 bits per heavy atom. The van der Waals surface area contributed by atoms with Gasteiger partial charge in [-0.05, 0) is 32.4 Å². The molecular formula is C11H19N3O2. The first kappa shape index (κ1) is 11.5. The largest absolute Gasteiger partial charge is 0.380 e. The van der Waals surface area contributed by atoms with Crippen molar-refractivity contribution in [2.75, 3.05) is 13.1 Å². The number of piperidine rings is 1. The standard InChI is InChI=1S/C11H19N3O2/c1-3-8(2)9-13-10(16-14-9)11(15)4-6-12-7-5-11/h8,12,15H,3-7H2,1-2H3. The van der Waals surface area contributed by atoms with Gasteiger partial charge in [-0.3, -0.25) is 0 Å². The Balaban J connectivity index is 2.17. The van der Waals surface area contributed by atoms with Gasteiger partial charge in [0.2, 0.25) is 0 Å². The third-order valence-corrected chi connectivity index (χ3v) is 3.32. The third-order valence-electron chi connectivity index (χ3n) is 3.32. The van der Waals surface area contributed by atoms with Gasteiger partial charge in [-0.2, -0.15) is 4.98 Å². The van der Waals surface area contributed by atoms with Crippen LogP contribution < -0.4 is 5.32 Å². The summed E-state index contributed by atoms with van der Waals surface area (Å²) >= 11 is 0. The van der Waals surface area contributed by atoms with Crippen molar-refractivity contribution in [2.45, 2.75) is 44.6 Å². The lowest BCUT2D eigenvalue weighted by atomic mass is 9.92. The van der Waals surface area contributed by atoms with Gasteiger partial charge in [0.15, 0.2) is 5.82 Å². The van der Waals surface area contributed by atoms with Crippen molar-refractivity contribution in [1.29, 1.82) is 0 Å². The fourth-order valence-corrected chi connectivity index (χ4v) is 1.86. The van der Waals surface area contributed by atoms with Crippen molar-refractivity contribution in [1.82, 2.24) is 15.5 Å². The minimum Gasteiger partial charge on any atom is -0.380 e. The highest BCUT2D eigenvalue weighted by Crippen LogP contribution is 2.30. The van der Waals surface area contributed by atoms with E-state index in [2.05, 4.69) is 29.3 Å². The first-order valence-electron chi connectivity index (χ1n) is 5.93. The van der Waals surface area contributed by atoms with Crippen LogP contribution in [-0.4, -0.2) is 28.3 Å². The minimum atomic E-state index is -0.927. The molecule has 1 unspecified atom stereocenters. The normalized spacial score (nSPS) is 21.9. The van der Waals surface area contributed by atoms with Gasteiger partial charge in [-0.1, -0.05) is 19.0 Å². The van der Waals surface area contributed by atoms with Crippen LogP contribution in [0.25, 0.3) is 0 Å². The highest BCUT2D eigenvalue weighted by molar-refractivity contribution is 5.03. The molecule has 5 nitrogen and oxygen atoms in total. The number of hydrogen-bond acceptors (Lipinski definition) is 5. The Hall–Kier alpha value is -0.940. The second-order valence-corrected chi connectivity index (χ2v) is 4.55. The maximum absolute atomic E-state index is 10.4. The molecule has 0 aliphatic carbocycles. The Bertz CT molecular complexity index is 345. The lowest BCUT2D eigenvalue weighted by molar-refractivity contribution is -0.0228. The molecule has 2 heterocycles. The minimum absolute atomic E-state index is 0.280. The SMILES string of the molecule is CCC(C)c1noc(C2(O)CCNCC2)n1. The molecule has 1 aromatic heterocycles. The van der Waals surface area contributed by atoms with Crippen LogP contribution in [0.2, 0.25) is 0 Å². The van der Waals surface area contributed by atoms with Crippen molar-refractivity contribution in [3.8, 4) is 0 Å². The second kappa shape index (κ2) is 4.51. The molecule has 1 aliphatic rings. The molecule has 2 N–H and O–H groups in total. The Labute approximate surface area is 95.2 Å². The quantitative estimate of drug-likeness (QED) is 0.807. The fourth-order valence-electron chi connectivity index (χ4n) is 1.86. The summed E-state index contributed by atoms with van der Waals surface area (Å²) in [6.45, 7) is 5.72. The summed E-state index contributed by atoms with van der Waals surface area (Å²) in [6.07, 6.45) is 2.24. The maximum Gasteiger partial charge on any atom is 0.258 e. The van der Waals surface area contributed by atoms with Gasteiger partial charge in [0.25, 0.3) is 5.89 Å². The van der Waals surface area contributed by atoms with E-state index < -0.39 is 5.60 Å². The molecule has 90 valence electrons. The van der Waals surface area contributed by atoms with E-state index in [9.17, 15) is 5.11 Å². The Morgan fingerprint density at radius 1 is 1.50 bits per heavy atom. The Kier molecular flexibility index (Phi) is 3.25. The van der Waals surface area contributed by atoms with Gasteiger partial charge in [-0.25, -0.2) is 0 Å². The monoisotopic (exact) mass is 225 g/mol. The fraction of sp³-hybridized carbons (Fsp3) is 0.818. The van der Waals surface area contributed by atoms with E-state index in [-0.39, 0.29) is 5.92 Å². The molecule has 5 heteroatoms. The Morgan fingerprint density at radius 2 is 2.19 bits per heavy atom. The predicted octanol–water partition coefficient (Wildman–Crippen LogP) is 1.15. The molecule has 1 saturated heterocycles. The van der Waals surface area contributed by atoms with E-state index in [1.54, 1.807) is 0 Å². The molecule has 1 atom stereocenters. The van der Waals surface area contributed by atoms with Gasteiger partial charge in [0, 0.05) is 5.92 Å². The molecule has 1 fully saturated rings. The van der Waals surface area contributed by atoms with Crippen molar-refractivity contribution in [3.63, 3.8) is 0 Å². The van der Waals surface area contributed by atoms with Crippen LogP contribution in [0, 0.1) is 0 Å². The number of nitrogens with one attached hydrogen (secondary N) is 1. The maximum atomic E-state index is 10.4.